The van der Waals surface area contributed by atoms with E-state index in [1.807, 2.05) is 19.2 Å². The first-order valence-electron chi connectivity index (χ1n) is 5.87. The van der Waals surface area contributed by atoms with Gasteiger partial charge in [0.15, 0.2) is 0 Å². The van der Waals surface area contributed by atoms with Crippen LogP contribution in [0.1, 0.15) is 25.0 Å². The van der Waals surface area contributed by atoms with Crippen LogP contribution < -0.4 is 4.90 Å². The van der Waals surface area contributed by atoms with Crippen molar-refractivity contribution in [2.24, 2.45) is 11.8 Å². The molecule has 0 radical (unpaired) electrons. The smallest absolute Gasteiger partial charge is 0.225 e. The third-order valence-corrected chi connectivity index (χ3v) is 3.79. The zero-order valence-corrected chi connectivity index (χ0v) is 9.19. The minimum absolute atomic E-state index is 0.911. The molecule has 80 valence electrons. The second-order valence-electron chi connectivity index (χ2n) is 4.85. The lowest BCUT2D eigenvalue weighted by atomic mass is 10.0. The van der Waals surface area contributed by atoms with Gasteiger partial charge >= 0.3 is 0 Å². The fraction of sp³-hybridized carbons (Fsp3) is 0.667. The maximum Gasteiger partial charge on any atom is 0.225 e. The van der Waals surface area contributed by atoms with Crippen LogP contribution in [0.3, 0.4) is 0 Å². The fourth-order valence-electron chi connectivity index (χ4n) is 2.99. The van der Waals surface area contributed by atoms with Crippen LogP contribution >= 0.6 is 0 Å². The maximum absolute atomic E-state index is 4.50. The van der Waals surface area contributed by atoms with Gasteiger partial charge in [0, 0.05) is 25.0 Å². The zero-order valence-electron chi connectivity index (χ0n) is 9.19. The van der Waals surface area contributed by atoms with Crippen molar-refractivity contribution in [2.45, 2.75) is 26.2 Å². The second kappa shape index (κ2) is 3.47. The number of hydrogen-bond acceptors (Lipinski definition) is 3. The monoisotopic (exact) mass is 203 g/mol. The van der Waals surface area contributed by atoms with Gasteiger partial charge in [-0.3, -0.25) is 0 Å². The van der Waals surface area contributed by atoms with E-state index in [9.17, 15) is 0 Å². The number of hydrogen-bond donors (Lipinski definition) is 0. The number of aromatic nitrogens is 2. The lowest BCUT2D eigenvalue weighted by Crippen LogP contribution is -2.23. The van der Waals surface area contributed by atoms with Crippen LogP contribution in [0.5, 0.6) is 0 Å². The normalized spacial score (nSPS) is 29.5. The van der Waals surface area contributed by atoms with Crippen molar-refractivity contribution >= 4 is 5.95 Å². The molecule has 3 nitrogen and oxygen atoms in total. The summed E-state index contributed by atoms with van der Waals surface area (Å²) in [5.41, 5.74) is 1.07. The Morgan fingerprint density at radius 2 is 2.00 bits per heavy atom. The van der Waals surface area contributed by atoms with Gasteiger partial charge in [-0.2, -0.15) is 0 Å². The van der Waals surface area contributed by atoms with Gasteiger partial charge in [-0.15, -0.1) is 0 Å². The minimum atomic E-state index is 0.911. The summed E-state index contributed by atoms with van der Waals surface area (Å²) in [4.78, 5) is 11.2. The molecule has 1 saturated carbocycles. The van der Waals surface area contributed by atoms with E-state index < -0.39 is 0 Å². The third kappa shape index (κ3) is 1.60. The number of fused-ring (bicyclic) bond motifs is 1. The second-order valence-corrected chi connectivity index (χ2v) is 4.85. The zero-order chi connectivity index (χ0) is 10.3. The number of rotatable bonds is 1. The van der Waals surface area contributed by atoms with Crippen LogP contribution in [0.4, 0.5) is 5.95 Å². The van der Waals surface area contributed by atoms with Crippen molar-refractivity contribution in [1.29, 1.82) is 0 Å². The Balaban J connectivity index is 1.79. The third-order valence-electron chi connectivity index (χ3n) is 3.79. The van der Waals surface area contributed by atoms with Gasteiger partial charge < -0.3 is 4.90 Å². The Morgan fingerprint density at radius 1 is 1.27 bits per heavy atom. The van der Waals surface area contributed by atoms with E-state index in [-0.39, 0.29) is 0 Å². The Morgan fingerprint density at radius 3 is 2.67 bits per heavy atom. The topological polar surface area (TPSA) is 29.0 Å². The fourth-order valence-corrected chi connectivity index (χ4v) is 2.99. The highest BCUT2D eigenvalue weighted by Gasteiger charge is 2.36. The lowest BCUT2D eigenvalue weighted by Gasteiger charge is -2.16. The minimum Gasteiger partial charge on any atom is -0.340 e. The Labute approximate surface area is 90.5 Å². The van der Waals surface area contributed by atoms with Gasteiger partial charge in [0.1, 0.15) is 0 Å². The van der Waals surface area contributed by atoms with Crippen LogP contribution in [0.25, 0.3) is 0 Å². The molecular weight excluding hydrogens is 186 g/mol. The van der Waals surface area contributed by atoms with Gasteiger partial charge in [-0.05, 0) is 37.7 Å². The molecule has 2 unspecified atom stereocenters. The molecule has 1 aliphatic carbocycles. The van der Waals surface area contributed by atoms with Crippen molar-refractivity contribution in [3.63, 3.8) is 0 Å². The molecule has 0 N–H and O–H groups in total. The van der Waals surface area contributed by atoms with Crippen LogP contribution in [0.2, 0.25) is 0 Å². The molecule has 2 aliphatic rings. The molecule has 0 bridgehead atoms. The van der Waals surface area contributed by atoms with E-state index >= 15 is 0 Å². The van der Waals surface area contributed by atoms with E-state index in [2.05, 4.69) is 14.9 Å². The Hall–Kier alpha value is -1.12. The molecule has 1 aromatic rings. The van der Waals surface area contributed by atoms with Crippen molar-refractivity contribution in [3.8, 4) is 0 Å². The van der Waals surface area contributed by atoms with E-state index in [0.717, 1.165) is 23.5 Å². The largest absolute Gasteiger partial charge is 0.340 e. The number of nitrogens with zero attached hydrogens (tertiary/aromatic N) is 3. The van der Waals surface area contributed by atoms with E-state index in [4.69, 9.17) is 0 Å². The molecule has 3 rings (SSSR count). The molecule has 1 aromatic heterocycles. The van der Waals surface area contributed by atoms with E-state index in [0.29, 0.717) is 0 Å². The molecule has 2 atom stereocenters. The van der Waals surface area contributed by atoms with Gasteiger partial charge in [0.2, 0.25) is 5.95 Å². The summed E-state index contributed by atoms with van der Waals surface area (Å²) in [5, 5.41) is 0. The summed E-state index contributed by atoms with van der Waals surface area (Å²) >= 11 is 0. The summed E-state index contributed by atoms with van der Waals surface area (Å²) in [6.07, 6.45) is 6.11. The number of anilines is 1. The molecule has 0 aromatic carbocycles. The summed E-state index contributed by atoms with van der Waals surface area (Å²) in [7, 11) is 0. The Kier molecular flexibility index (Phi) is 2.11. The van der Waals surface area contributed by atoms with Crippen LogP contribution in [0.15, 0.2) is 12.3 Å². The average molecular weight is 203 g/mol. The van der Waals surface area contributed by atoms with Gasteiger partial charge in [-0.1, -0.05) is 6.42 Å². The molecule has 1 aliphatic heterocycles. The molecule has 15 heavy (non-hydrogen) atoms. The Bertz CT molecular complexity index is 352. The highest BCUT2D eigenvalue weighted by molar-refractivity contribution is 5.32. The molecule has 2 fully saturated rings. The molecule has 0 spiro atoms. The average Bonchev–Trinajstić information content (AvgIpc) is 2.76. The van der Waals surface area contributed by atoms with Gasteiger partial charge in [0.25, 0.3) is 0 Å². The first kappa shape index (κ1) is 9.13. The first-order chi connectivity index (χ1) is 7.33. The van der Waals surface area contributed by atoms with E-state index in [1.165, 1.54) is 32.4 Å². The lowest BCUT2D eigenvalue weighted by molar-refractivity contribution is 0.494. The summed E-state index contributed by atoms with van der Waals surface area (Å²) < 4.78 is 0. The molecular formula is C12H17N3. The summed E-state index contributed by atoms with van der Waals surface area (Å²) in [6, 6.07) is 1.96. The van der Waals surface area contributed by atoms with Gasteiger partial charge in [-0.25, -0.2) is 9.97 Å². The predicted octanol–water partition coefficient (Wildman–Crippen LogP) is 2.02. The molecule has 0 amide bonds. The number of aryl methyl sites for hydroxylation is 1. The predicted molar refractivity (Wildman–Crippen MR) is 59.8 cm³/mol. The van der Waals surface area contributed by atoms with E-state index in [1.54, 1.807) is 0 Å². The van der Waals surface area contributed by atoms with Crippen LogP contribution in [-0.2, 0) is 0 Å². The maximum atomic E-state index is 4.50. The van der Waals surface area contributed by atoms with Crippen molar-refractivity contribution in [3.05, 3.63) is 18.0 Å². The molecule has 1 saturated heterocycles. The highest BCUT2D eigenvalue weighted by Crippen LogP contribution is 2.38. The molecule has 3 heteroatoms. The highest BCUT2D eigenvalue weighted by atomic mass is 15.3. The van der Waals surface area contributed by atoms with Gasteiger partial charge in [0.05, 0.1) is 0 Å². The van der Waals surface area contributed by atoms with Crippen molar-refractivity contribution in [1.82, 2.24) is 9.97 Å². The van der Waals surface area contributed by atoms with Crippen molar-refractivity contribution < 1.29 is 0 Å². The summed E-state index contributed by atoms with van der Waals surface area (Å²) in [6.45, 7) is 4.38. The SMILES string of the molecule is Cc1ccnc(N2CC3CCCC3C2)n1. The first-order valence-corrected chi connectivity index (χ1v) is 5.87. The quantitative estimate of drug-likeness (QED) is 0.699. The molecule has 2 heterocycles. The van der Waals surface area contributed by atoms with Crippen molar-refractivity contribution in [2.75, 3.05) is 18.0 Å². The standard InChI is InChI=1S/C12H17N3/c1-9-5-6-13-12(14-9)15-7-10-3-2-4-11(10)8-15/h5-6,10-11H,2-4,7-8H2,1H3. The van der Waals surface area contributed by atoms with Crippen LogP contribution in [-0.4, -0.2) is 23.1 Å². The summed E-state index contributed by atoms with van der Waals surface area (Å²) in [5.74, 6) is 2.76. The van der Waals surface area contributed by atoms with Crippen LogP contribution in [0, 0.1) is 18.8 Å².